The van der Waals surface area contributed by atoms with Gasteiger partial charge in [0.25, 0.3) is 0 Å². The minimum atomic E-state index is -2.88. The number of hydrogen-bond donors (Lipinski definition) is 1. The summed E-state index contributed by atoms with van der Waals surface area (Å²) in [5.74, 6) is -0.895. The van der Waals surface area contributed by atoms with E-state index in [2.05, 4.69) is 4.74 Å². The molecule has 1 aromatic carbocycles. The third-order valence-corrected chi connectivity index (χ3v) is 3.16. The first-order valence-corrected chi connectivity index (χ1v) is 6.09. The molecule has 19 heavy (non-hydrogen) atoms. The molecule has 2 rings (SSSR count). The average Bonchev–Trinajstić information content (AvgIpc) is 2.84. The maximum Gasteiger partial charge on any atom is 0.387 e. The maximum atomic E-state index is 12.0. The van der Waals surface area contributed by atoms with Gasteiger partial charge in [0.2, 0.25) is 0 Å². The van der Waals surface area contributed by atoms with E-state index in [1.165, 1.54) is 24.3 Å². The fraction of sp³-hybridized carbons (Fsp3) is 0.462. The molecular weight excluding hydrogens is 256 g/mol. The standard InChI is InChI=1S/C13H15F2NO3/c14-13(15)19-10-5-3-9(4-6-10)11(12(17)18)16-7-1-2-8-16/h3-6,11,13H,1-2,7-8H2,(H,17,18). The summed E-state index contributed by atoms with van der Waals surface area (Å²) >= 11 is 0. The van der Waals surface area contributed by atoms with E-state index in [1.807, 2.05) is 4.90 Å². The molecule has 0 bridgehead atoms. The molecule has 0 saturated carbocycles. The highest BCUT2D eigenvalue weighted by molar-refractivity contribution is 5.75. The number of hydrogen-bond acceptors (Lipinski definition) is 3. The van der Waals surface area contributed by atoms with E-state index in [0.717, 1.165) is 25.9 Å². The molecule has 6 heteroatoms. The van der Waals surface area contributed by atoms with Gasteiger partial charge in [0.05, 0.1) is 0 Å². The van der Waals surface area contributed by atoms with Gasteiger partial charge >= 0.3 is 12.6 Å². The molecule has 1 aliphatic rings. The SMILES string of the molecule is O=C(O)C(c1ccc(OC(F)F)cc1)N1CCCC1. The lowest BCUT2D eigenvalue weighted by Crippen LogP contribution is -2.31. The van der Waals surface area contributed by atoms with Crippen LogP contribution in [0.5, 0.6) is 5.75 Å². The van der Waals surface area contributed by atoms with Crippen molar-refractivity contribution in [1.29, 1.82) is 0 Å². The number of carboxylic acids is 1. The third-order valence-electron chi connectivity index (χ3n) is 3.16. The second-order valence-electron chi connectivity index (χ2n) is 4.43. The summed E-state index contributed by atoms with van der Waals surface area (Å²) in [6.07, 6.45) is 1.96. The van der Waals surface area contributed by atoms with Gasteiger partial charge in [0, 0.05) is 0 Å². The molecule has 1 atom stereocenters. The molecule has 1 fully saturated rings. The zero-order valence-electron chi connectivity index (χ0n) is 10.3. The van der Waals surface area contributed by atoms with Crippen LogP contribution in [0.4, 0.5) is 8.78 Å². The molecule has 1 heterocycles. The second kappa shape index (κ2) is 5.97. The predicted molar refractivity (Wildman–Crippen MR) is 64.3 cm³/mol. The Morgan fingerprint density at radius 2 is 1.79 bits per heavy atom. The Hall–Kier alpha value is -1.69. The number of ether oxygens (including phenoxy) is 1. The average molecular weight is 271 g/mol. The van der Waals surface area contributed by atoms with Crippen LogP contribution >= 0.6 is 0 Å². The number of likely N-dealkylation sites (tertiary alicyclic amines) is 1. The van der Waals surface area contributed by atoms with Crippen molar-refractivity contribution in [3.05, 3.63) is 29.8 Å². The summed E-state index contributed by atoms with van der Waals surface area (Å²) in [7, 11) is 0. The molecule has 0 amide bonds. The monoisotopic (exact) mass is 271 g/mol. The molecule has 4 nitrogen and oxygen atoms in total. The van der Waals surface area contributed by atoms with Gasteiger partial charge in [-0.3, -0.25) is 9.69 Å². The fourth-order valence-corrected chi connectivity index (χ4v) is 2.34. The Morgan fingerprint density at radius 1 is 1.21 bits per heavy atom. The van der Waals surface area contributed by atoms with Gasteiger partial charge in [-0.1, -0.05) is 12.1 Å². The normalized spacial score (nSPS) is 17.6. The number of halogens is 2. The predicted octanol–water partition coefficient (Wildman–Crippen LogP) is 2.51. The molecule has 1 aliphatic heterocycles. The van der Waals surface area contributed by atoms with Crippen LogP contribution in [0, 0.1) is 0 Å². The summed E-state index contributed by atoms with van der Waals surface area (Å²) in [6, 6.07) is 5.06. The van der Waals surface area contributed by atoms with E-state index >= 15 is 0 Å². The number of aliphatic carboxylic acids is 1. The topological polar surface area (TPSA) is 49.8 Å². The summed E-state index contributed by atoms with van der Waals surface area (Å²) < 4.78 is 28.3. The first-order valence-electron chi connectivity index (χ1n) is 6.09. The van der Waals surface area contributed by atoms with Gasteiger partial charge in [-0.2, -0.15) is 8.78 Å². The highest BCUT2D eigenvalue weighted by atomic mass is 19.3. The van der Waals surface area contributed by atoms with Crippen molar-refractivity contribution in [2.24, 2.45) is 0 Å². The van der Waals surface area contributed by atoms with E-state index in [4.69, 9.17) is 0 Å². The summed E-state index contributed by atoms with van der Waals surface area (Å²) in [4.78, 5) is 13.2. The van der Waals surface area contributed by atoms with Crippen LogP contribution in [0.2, 0.25) is 0 Å². The van der Waals surface area contributed by atoms with Crippen LogP contribution in [0.25, 0.3) is 0 Å². The number of carbonyl (C=O) groups is 1. The highest BCUT2D eigenvalue weighted by Gasteiger charge is 2.29. The zero-order valence-corrected chi connectivity index (χ0v) is 10.3. The van der Waals surface area contributed by atoms with Gasteiger partial charge in [-0.05, 0) is 43.6 Å². The van der Waals surface area contributed by atoms with Crippen molar-refractivity contribution >= 4 is 5.97 Å². The minimum absolute atomic E-state index is 0.0318. The quantitative estimate of drug-likeness (QED) is 0.894. The van der Waals surface area contributed by atoms with Crippen molar-refractivity contribution in [2.75, 3.05) is 13.1 Å². The van der Waals surface area contributed by atoms with Gasteiger partial charge in [0.1, 0.15) is 11.8 Å². The molecule has 104 valence electrons. The van der Waals surface area contributed by atoms with Crippen LogP contribution in [0.1, 0.15) is 24.4 Å². The molecule has 1 aromatic rings. The van der Waals surface area contributed by atoms with Gasteiger partial charge in [0.15, 0.2) is 0 Å². The number of nitrogens with zero attached hydrogens (tertiary/aromatic N) is 1. The van der Waals surface area contributed by atoms with Crippen LogP contribution in [0.15, 0.2) is 24.3 Å². The van der Waals surface area contributed by atoms with Crippen molar-refractivity contribution in [2.45, 2.75) is 25.5 Å². The Labute approximate surface area is 109 Å². The molecule has 0 spiro atoms. The number of benzene rings is 1. The van der Waals surface area contributed by atoms with Crippen molar-refractivity contribution in [1.82, 2.24) is 4.90 Å². The van der Waals surface area contributed by atoms with E-state index in [9.17, 15) is 18.7 Å². The lowest BCUT2D eigenvalue weighted by Gasteiger charge is -2.24. The van der Waals surface area contributed by atoms with Crippen LogP contribution in [-0.4, -0.2) is 35.7 Å². The Balaban J connectivity index is 2.15. The van der Waals surface area contributed by atoms with E-state index in [-0.39, 0.29) is 5.75 Å². The van der Waals surface area contributed by atoms with Gasteiger partial charge < -0.3 is 9.84 Å². The number of alkyl halides is 2. The largest absolute Gasteiger partial charge is 0.480 e. The highest BCUT2D eigenvalue weighted by Crippen LogP contribution is 2.27. The van der Waals surface area contributed by atoms with Crippen LogP contribution in [-0.2, 0) is 4.79 Å². The Kier molecular flexibility index (Phi) is 4.31. The molecule has 1 saturated heterocycles. The molecule has 0 aliphatic carbocycles. The summed E-state index contributed by atoms with van der Waals surface area (Å²) in [5.41, 5.74) is 0.580. The smallest absolute Gasteiger partial charge is 0.387 e. The van der Waals surface area contributed by atoms with Crippen LogP contribution < -0.4 is 4.74 Å². The molecular formula is C13H15F2NO3. The number of carboxylic acid groups (broad SMARTS) is 1. The number of rotatable bonds is 5. The Morgan fingerprint density at radius 3 is 2.26 bits per heavy atom. The zero-order chi connectivity index (χ0) is 13.8. The van der Waals surface area contributed by atoms with Crippen molar-refractivity contribution < 1.29 is 23.4 Å². The third kappa shape index (κ3) is 3.41. The first kappa shape index (κ1) is 13.7. The summed E-state index contributed by atoms with van der Waals surface area (Å²) in [6.45, 7) is -1.39. The molecule has 0 aromatic heterocycles. The molecule has 0 radical (unpaired) electrons. The maximum absolute atomic E-state index is 12.0. The minimum Gasteiger partial charge on any atom is -0.480 e. The van der Waals surface area contributed by atoms with Gasteiger partial charge in [-0.15, -0.1) is 0 Å². The van der Waals surface area contributed by atoms with Crippen LogP contribution in [0.3, 0.4) is 0 Å². The summed E-state index contributed by atoms with van der Waals surface area (Å²) in [5, 5.41) is 9.31. The van der Waals surface area contributed by atoms with Gasteiger partial charge in [-0.25, -0.2) is 0 Å². The first-order chi connectivity index (χ1) is 9.08. The fourth-order valence-electron chi connectivity index (χ4n) is 2.34. The second-order valence-corrected chi connectivity index (χ2v) is 4.43. The lowest BCUT2D eigenvalue weighted by atomic mass is 10.1. The van der Waals surface area contributed by atoms with Crippen molar-refractivity contribution in [3.63, 3.8) is 0 Å². The molecule has 1 unspecified atom stereocenters. The van der Waals surface area contributed by atoms with E-state index in [0.29, 0.717) is 5.56 Å². The molecule has 1 N–H and O–H groups in total. The van der Waals surface area contributed by atoms with E-state index < -0.39 is 18.6 Å². The lowest BCUT2D eigenvalue weighted by molar-refractivity contribution is -0.143. The van der Waals surface area contributed by atoms with E-state index in [1.54, 1.807) is 0 Å². The van der Waals surface area contributed by atoms with Crippen molar-refractivity contribution in [3.8, 4) is 5.75 Å². The Bertz CT molecular complexity index is 430.